The number of rotatable bonds is 4. The predicted octanol–water partition coefficient (Wildman–Crippen LogP) is 3.74. The SMILES string of the molecule is Nc1ccc(CCC(=O)c2cccc(Cl)c2)cc1. The summed E-state index contributed by atoms with van der Waals surface area (Å²) in [5.74, 6) is 0.106. The average molecular weight is 260 g/mol. The van der Waals surface area contributed by atoms with Gasteiger partial charge in [0.15, 0.2) is 5.78 Å². The van der Waals surface area contributed by atoms with Crippen molar-refractivity contribution in [3.8, 4) is 0 Å². The maximum atomic E-state index is 12.0. The van der Waals surface area contributed by atoms with Gasteiger partial charge in [-0.25, -0.2) is 0 Å². The Labute approximate surface area is 111 Å². The van der Waals surface area contributed by atoms with Crippen molar-refractivity contribution < 1.29 is 4.79 Å². The van der Waals surface area contributed by atoms with Gasteiger partial charge in [0.1, 0.15) is 0 Å². The second kappa shape index (κ2) is 5.69. The molecule has 0 bridgehead atoms. The number of carbonyl (C=O) groups excluding carboxylic acids is 1. The number of hydrogen-bond donors (Lipinski definition) is 1. The first kappa shape index (κ1) is 12.7. The molecule has 2 rings (SSSR count). The number of Topliss-reactive ketones (excluding diaryl/α,β-unsaturated/α-hetero) is 1. The second-order valence-corrected chi connectivity index (χ2v) is 4.61. The Morgan fingerprint density at radius 1 is 1.11 bits per heavy atom. The van der Waals surface area contributed by atoms with E-state index >= 15 is 0 Å². The normalized spacial score (nSPS) is 10.3. The first-order valence-electron chi connectivity index (χ1n) is 5.78. The van der Waals surface area contributed by atoms with Crippen molar-refractivity contribution in [1.29, 1.82) is 0 Å². The van der Waals surface area contributed by atoms with Gasteiger partial charge in [0.05, 0.1) is 0 Å². The first-order valence-corrected chi connectivity index (χ1v) is 6.16. The summed E-state index contributed by atoms with van der Waals surface area (Å²) in [6.45, 7) is 0. The molecule has 0 atom stereocenters. The van der Waals surface area contributed by atoms with Crippen LogP contribution < -0.4 is 5.73 Å². The van der Waals surface area contributed by atoms with Gasteiger partial charge in [-0.05, 0) is 36.2 Å². The van der Waals surface area contributed by atoms with Crippen LogP contribution >= 0.6 is 11.6 Å². The van der Waals surface area contributed by atoms with E-state index in [0.29, 0.717) is 23.4 Å². The van der Waals surface area contributed by atoms with Crippen LogP contribution in [0.25, 0.3) is 0 Å². The van der Waals surface area contributed by atoms with Gasteiger partial charge >= 0.3 is 0 Å². The Hall–Kier alpha value is -1.80. The van der Waals surface area contributed by atoms with E-state index in [2.05, 4.69) is 0 Å². The molecule has 18 heavy (non-hydrogen) atoms. The van der Waals surface area contributed by atoms with Crippen molar-refractivity contribution in [1.82, 2.24) is 0 Å². The monoisotopic (exact) mass is 259 g/mol. The third kappa shape index (κ3) is 3.34. The summed E-state index contributed by atoms with van der Waals surface area (Å²) < 4.78 is 0. The molecule has 0 fully saturated rings. The van der Waals surface area contributed by atoms with E-state index in [-0.39, 0.29) is 5.78 Å². The van der Waals surface area contributed by atoms with Crippen LogP contribution in [0.15, 0.2) is 48.5 Å². The van der Waals surface area contributed by atoms with Crippen LogP contribution in [0.2, 0.25) is 5.02 Å². The fourth-order valence-corrected chi connectivity index (χ4v) is 1.94. The summed E-state index contributed by atoms with van der Waals surface area (Å²) in [4.78, 5) is 12.0. The number of halogens is 1. The molecular formula is C15H14ClNO. The Kier molecular flexibility index (Phi) is 4.00. The van der Waals surface area contributed by atoms with Crippen LogP contribution in [0, 0.1) is 0 Å². The Morgan fingerprint density at radius 3 is 2.50 bits per heavy atom. The minimum atomic E-state index is 0.106. The lowest BCUT2D eigenvalue weighted by atomic mass is 10.0. The molecule has 0 unspecified atom stereocenters. The summed E-state index contributed by atoms with van der Waals surface area (Å²) in [5, 5.41) is 0.591. The molecule has 0 heterocycles. The molecule has 2 nitrogen and oxygen atoms in total. The molecule has 2 N–H and O–H groups in total. The van der Waals surface area contributed by atoms with Crippen LogP contribution in [0.3, 0.4) is 0 Å². The molecule has 0 spiro atoms. The van der Waals surface area contributed by atoms with Crippen LogP contribution in [-0.2, 0) is 6.42 Å². The molecule has 0 aliphatic rings. The molecular weight excluding hydrogens is 246 g/mol. The molecule has 0 aliphatic carbocycles. The van der Waals surface area contributed by atoms with Crippen LogP contribution in [-0.4, -0.2) is 5.78 Å². The number of aryl methyl sites for hydroxylation is 1. The average Bonchev–Trinajstić information content (AvgIpc) is 2.38. The largest absolute Gasteiger partial charge is 0.399 e. The number of carbonyl (C=O) groups is 1. The van der Waals surface area contributed by atoms with E-state index in [4.69, 9.17) is 17.3 Å². The molecule has 0 saturated heterocycles. The van der Waals surface area contributed by atoms with Crippen LogP contribution in [0.1, 0.15) is 22.3 Å². The van der Waals surface area contributed by atoms with Crippen LogP contribution in [0.5, 0.6) is 0 Å². The molecule has 2 aromatic carbocycles. The third-order valence-corrected chi connectivity index (χ3v) is 3.00. The molecule has 0 radical (unpaired) electrons. The first-order chi connectivity index (χ1) is 8.65. The summed E-state index contributed by atoms with van der Waals surface area (Å²) in [5.41, 5.74) is 8.12. The zero-order valence-electron chi connectivity index (χ0n) is 9.90. The number of nitrogen functional groups attached to an aromatic ring is 1. The highest BCUT2D eigenvalue weighted by Crippen LogP contribution is 2.14. The van der Waals surface area contributed by atoms with E-state index in [0.717, 1.165) is 11.3 Å². The standard InChI is InChI=1S/C15H14ClNO/c16-13-3-1-2-12(10-13)15(18)9-6-11-4-7-14(17)8-5-11/h1-5,7-8,10H,6,9,17H2. The topological polar surface area (TPSA) is 43.1 Å². The summed E-state index contributed by atoms with van der Waals surface area (Å²) in [6, 6.07) is 14.6. The van der Waals surface area contributed by atoms with Crippen molar-refractivity contribution >= 4 is 23.1 Å². The quantitative estimate of drug-likeness (QED) is 0.671. The maximum Gasteiger partial charge on any atom is 0.163 e. The van der Waals surface area contributed by atoms with E-state index in [1.165, 1.54) is 0 Å². The highest BCUT2D eigenvalue weighted by atomic mass is 35.5. The zero-order valence-corrected chi connectivity index (χ0v) is 10.7. The van der Waals surface area contributed by atoms with Gasteiger partial charge in [-0.3, -0.25) is 4.79 Å². The minimum Gasteiger partial charge on any atom is -0.399 e. The molecule has 0 aromatic heterocycles. The van der Waals surface area contributed by atoms with Gasteiger partial charge in [0.25, 0.3) is 0 Å². The summed E-state index contributed by atoms with van der Waals surface area (Å²) in [7, 11) is 0. The summed E-state index contributed by atoms with van der Waals surface area (Å²) in [6.07, 6.45) is 1.19. The number of anilines is 1. The van der Waals surface area contributed by atoms with Gasteiger partial charge in [-0.15, -0.1) is 0 Å². The molecule has 0 aliphatic heterocycles. The molecule has 0 saturated carbocycles. The maximum absolute atomic E-state index is 12.0. The van der Waals surface area contributed by atoms with Gasteiger partial charge in [-0.1, -0.05) is 35.9 Å². The van der Waals surface area contributed by atoms with Crippen molar-refractivity contribution in [3.05, 3.63) is 64.7 Å². The lowest BCUT2D eigenvalue weighted by Crippen LogP contribution is -2.01. The fraction of sp³-hybridized carbons (Fsp3) is 0.133. The summed E-state index contributed by atoms with van der Waals surface area (Å²) >= 11 is 5.86. The zero-order chi connectivity index (χ0) is 13.0. The van der Waals surface area contributed by atoms with Gasteiger partial charge < -0.3 is 5.73 Å². The molecule has 92 valence electrons. The van der Waals surface area contributed by atoms with E-state index in [1.807, 2.05) is 24.3 Å². The van der Waals surface area contributed by atoms with Crippen molar-refractivity contribution in [2.24, 2.45) is 0 Å². The molecule has 0 amide bonds. The van der Waals surface area contributed by atoms with Crippen molar-refractivity contribution in [3.63, 3.8) is 0 Å². The van der Waals surface area contributed by atoms with Gasteiger partial charge in [0, 0.05) is 22.7 Å². The van der Waals surface area contributed by atoms with Crippen LogP contribution in [0.4, 0.5) is 5.69 Å². The fourth-order valence-electron chi connectivity index (χ4n) is 1.75. The van der Waals surface area contributed by atoms with E-state index in [1.54, 1.807) is 24.3 Å². The molecule has 3 heteroatoms. The predicted molar refractivity (Wildman–Crippen MR) is 75.0 cm³/mol. The van der Waals surface area contributed by atoms with E-state index in [9.17, 15) is 4.79 Å². The van der Waals surface area contributed by atoms with E-state index < -0.39 is 0 Å². The number of hydrogen-bond acceptors (Lipinski definition) is 2. The highest BCUT2D eigenvalue weighted by molar-refractivity contribution is 6.31. The Bertz CT molecular complexity index is 549. The lowest BCUT2D eigenvalue weighted by Gasteiger charge is -2.03. The number of ketones is 1. The second-order valence-electron chi connectivity index (χ2n) is 4.18. The third-order valence-electron chi connectivity index (χ3n) is 2.77. The van der Waals surface area contributed by atoms with Crippen molar-refractivity contribution in [2.45, 2.75) is 12.8 Å². The Morgan fingerprint density at radius 2 is 1.83 bits per heavy atom. The highest BCUT2D eigenvalue weighted by Gasteiger charge is 2.06. The Balaban J connectivity index is 1.98. The van der Waals surface area contributed by atoms with Gasteiger partial charge in [-0.2, -0.15) is 0 Å². The smallest absolute Gasteiger partial charge is 0.163 e. The lowest BCUT2D eigenvalue weighted by molar-refractivity contribution is 0.0983. The van der Waals surface area contributed by atoms with Crippen molar-refractivity contribution in [2.75, 3.05) is 5.73 Å². The van der Waals surface area contributed by atoms with Gasteiger partial charge in [0.2, 0.25) is 0 Å². The molecule has 2 aromatic rings. The number of benzene rings is 2. The minimum absolute atomic E-state index is 0.106. The number of nitrogens with two attached hydrogens (primary N) is 1.